The molecule has 0 spiro atoms. The van der Waals surface area contributed by atoms with Crippen LogP contribution in [0.3, 0.4) is 0 Å². The van der Waals surface area contributed by atoms with Crippen molar-refractivity contribution in [3.8, 4) is 11.4 Å². The van der Waals surface area contributed by atoms with E-state index in [1.807, 2.05) is 24.1 Å². The van der Waals surface area contributed by atoms with Crippen molar-refractivity contribution in [2.24, 2.45) is 7.05 Å². The third kappa shape index (κ3) is 1.96. The van der Waals surface area contributed by atoms with Gasteiger partial charge >= 0.3 is 0 Å². The Hall–Kier alpha value is -2.44. The van der Waals surface area contributed by atoms with Crippen molar-refractivity contribution in [2.75, 3.05) is 18.0 Å². The van der Waals surface area contributed by atoms with Crippen molar-refractivity contribution in [3.63, 3.8) is 0 Å². The van der Waals surface area contributed by atoms with Gasteiger partial charge in [-0.05, 0) is 18.6 Å². The smallest absolute Gasteiger partial charge is 0.270 e. The molecule has 0 bridgehead atoms. The first kappa shape index (κ1) is 13.2. The lowest BCUT2D eigenvalue weighted by atomic mass is 10.2. The summed E-state index contributed by atoms with van der Waals surface area (Å²) in [5.41, 5.74) is 2.23. The van der Waals surface area contributed by atoms with Crippen molar-refractivity contribution >= 4 is 11.7 Å². The minimum atomic E-state index is -0.766. The Kier molecular flexibility index (Phi) is 2.88. The summed E-state index contributed by atoms with van der Waals surface area (Å²) >= 11 is 0. The van der Waals surface area contributed by atoms with Gasteiger partial charge in [-0.25, -0.2) is 14.4 Å². The number of amides is 1. The van der Waals surface area contributed by atoms with E-state index in [0.29, 0.717) is 31.7 Å². The van der Waals surface area contributed by atoms with E-state index in [1.54, 1.807) is 10.8 Å². The molecule has 0 saturated carbocycles. The summed E-state index contributed by atoms with van der Waals surface area (Å²) in [5, 5.41) is 2.75. The van der Waals surface area contributed by atoms with Crippen molar-refractivity contribution in [2.45, 2.75) is 19.1 Å². The lowest BCUT2D eigenvalue weighted by Crippen LogP contribution is -2.21. The number of nitrogens with one attached hydrogen (secondary N) is 1. The van der Waals surface area contributed by atoms with Crippen molar-refractivity contribution < 1.29 is 9.18 Å². The molecule has 4 rings (SSSR count). The second-order valence-electron chi connectivity index (χ2n) is 5.71. The molecule has 2 aromatic heterocycles. The largest absolute Gasteiger partial charge is 0.354 e. The summed E-state index contributed by atoms with van der Waals surface area (Å²) in [6.07, 6.45) is 1.53. The Bertz CT molecular complexity index is 739. The molecule has 0 aromatic carbocycles. The SMILES string of the molecule is Cn1c(-c2ccc(N3CC[C@@H](F)C3)nc2)nc2c1C(=O)NC2. The van der Waals surface area contributed by atoms with Crippen LogP contribution in [0.1, 0.15) is 22.6 Å². The fourth-order valence-corrected chi connectivity index (χ4v) is 3.10. The number of rotatable bonds is 2. The van der Waals surface area contributed by atoms with Gasteiger partial charge < -0.3 is 14.8 Å². The van der Waals surface area contributed by atoms with Gasteiger partial charge in [-0.1, -0.05) is 0 Å². The van der Waals surface area contributed by atoms with E-state index >= 15 is 0 Å². The van der Waals surface area contributed by atoms with Crippen LogP contribution in [0.5, 0.6) is 0 Å². The van der Waals surface area contributed by atoms with E-state index in [-0.39, 0.29) is 5.91 Å². The molecular weight excluding hydrogens is 285 g/mol. The molecule has 4 heterocycles. The lowest BCUT2D eigenvalue weighted by molar-refractivity contribution is 0.0958. The predicted octanol–water partition coefficient (Wildman–Crippen LogP) is 1.27. The summed E-state index contributed by atoms with van der Waals surface area (Å²) < 4.78 is 15.1. The number of halogens is 1. The summed E-state index contributed by atoms with van der Waals surface area (Å²) in [5.74, 6) is 1.42. The highest BCUT2D eigenvalue weighted by molar-refractivity contribution is 5.97. The monoisotopic (exact) mass is 301 g/mol. The van der Waals surface area contributed by atoms with Gasteiger partial charge in [0, 0.05) is 25.4 Å². The van der Waals surface area contributed by atoms with Gasteiger partial charge in [-0.3, -0.25) is 4.79 Å². The molecule has 114 valence electrons. The Labute approximate surface area is 127 Å². The van der Waals surface area contributed by atoms with Crippen LogP contribution < -0.4 is 10.2 Å². The number of anilines is 1. The molecule has 0 unspecified atom stereocenters. The molecule has 6 nitrogen and oxygen atoms in total. The van der Waals surface area contributed by atoms with E-state index < -0.39 is 6.17 Å². The van der Waals surface area contributed by atoms with Gasteiger partial charge in [-0.15, -0.1) is 0 Å². The molecule has 1 saturated heterocycles. The van der Waals surface area contributed by atoms with Crippen LogP contribution in [0.25, 0.3) is 11.4 Å². The third-order valence-electron chi connectivity index (χ3n) is 4.26. The Morgan fingerprint density at radius 3 is 2.91 bits per heavy atom. The Morgan fingerprint density at radius 1 is 1.41 bits per heavy atom. The first-order chi connectivity index (χ1) is 10.6. The molecule has 1 fully saturated rings. The third-order valence-corrected chi connectivity index (χ3v) is 4.26. The summed E-state index contributed by atoms with van der Waals surface area (Å²) in [6.45, 7) is 1.58. The van der Waals surface area contributed by atoms with Crippen LogP contribution in [-0.4, -0.2) is 39.7 Å². The highest BCUT2D eigenvalue weighted by atomic mass is 19.1. The second-order valence-corrected chi connectivity index (χ2v) is 5.71. The zero-order valence-electron chi connectivity index (χ0n) is 12.2. The number of hydrogen-bond acceptors (Lipinski definition) is 4. The highest BCUT2D eigenvalue weighted by Gasteiger charge is 2.27. The zero-order valence-corrected chi connectivity index (χ0v) is 12.2. The molecule has 2 aromatic rings. The van der Waals surface area contributed by atoms with Gasteiger partial charge in [0.25, 0.3) is 5.91 Å². The zero-order chi connectivity index (χ0) is 15.3. The van der Waals surface area contributed by atoms with Crippen LogP contribution in [0, 0.1) is 0 Å². The quantitative estimate of drug-likeness (QED) is 0.907. The average Bonchev–Trinajstić information content (AvgIpc) is 3.18. The molecule has 2 aliphatic rings. The van der Waals surface area contributed by atoms with Crippen LogP contribution >= 0.6 is 0 Å². The first-order valence-electron chi connectivity index (χ1n) is 7.32. The van der Waals surface area contributed by atoms with E-state index in [0.717, 1.165) is 22.9 Å². The number of imidazole rings is 1. The predicted molar refractivity (Wildman–Crippen MR) is 79.3 cm³/mol. The average molecular weight is 301 g/mol. The fourth-order valence-electron chi connectivity index (χ4n) is 3.10. The van der Waals surface area contributed by atoms with Gasteiger partial charge in [0.1, 0.15) is 23.5 Å². The molecule has 1 amide bonds. The molecule has 1 N–H and O–H groups in total. The molecule has 7 heteroatoms. The first-order valence-corrected chi connectivity index (χ1v) is 7.32. The molecule has 1 atom stereocenters. The van der Waals surface area contributed by atoms with E-state index in [2.05, 4.69) is 15.3 Å². The van der Waals surface area contributed by atoms with Gasteiger partial charge in [0.2, 0.25) is 0 Å². The van der Waals surface area contributed by atoms with E-state index in [1.165, 1.54) is 0 Å². The topological polar surface area (TPSA) is 63.1 Å². The summed E-state index contributed by atoms with van der Waals surface area (Å²) in [4.78, 5) is 22.6. The van der Waals surface area contributed by atoms with Crippen molar-refractivity contribution in [1.29, 1.82) is 0 Å². The number of fused-ring (bicyclic) bond motifs is 1. The number of hydrogen-bond donors (Lipinski definition) is 1. The summed E-state index contributed by atoms with van der Waals surface area (Å²) in [7, 11) is 1.83. The molecule has 0 aliphatic carbocycles. The lowest BCUT2D eigenvalue weighted by Gasteiger charge is -2.16. The van der Waals surface area contributed by atoms with Crippen LogP contribution in [-0.2, 0) is 13.6 Å². The minimum Gasteiger partial charge on any atom is -0.354 e. The van der Waals surface area contributed by atoms with Crippen LogP contribution in [0.4, 0.5) is 10.2 Å². The summed E-state index contributed by atoms with van der Waals surface area (Å²) in [6, 6.07) is 3.80. The van der Waals surface area contributed by atoms with E-state index in [4.69, 9.17) is 0 Å². The standard InChI is InChI=1S/C15H16FN5O/c1-20-13-11(7-18-15(13)22)19-14(20)9-2-3-12(17-6-9)21-5-4-10(16)8-21/h2-3,6,10H,4-5,7-8H2,1H3,(H,18,22)/t10-/m1/s1. The number of carbonyl (C=O) groups is 1. The number of alkyl halides is 1. The van der Waals surface area contributed by atoms with Crippen LogP contribution in [0.15, 0.2) is 18.3 Å². The normalized spacial score (nSPS) is 20.4. The number of pyridine rings is 1. The Balaban J connectivity index is 1.64. The molecular formula is C15H16FN5O. The fraction of sp³-hybridized carbons (Fsp3) is 0.400. The minimum absolute atomic E-state index is 0.0908. The second kappa shape index (κ2) is 4.79. The van der Waals surface area contributed by atoms with Gasteiger partial charge in [-0.2, -0.15) is 0 Å². The Morgan fingerprint density at radius 2 is 2.27 bits per heavy atom. The number of aromatic nitrogens is 3. The maximum atomic E-state index is 13.3. The van der Waals surface area contributed by atoms with Crippen molar-refractivity contribution in [3.05, 3.63) is 29.7 Å². The van der Waals surface area contributed by atoms with Gasteiger partial charge in [0.05, 0.1) is 18.8 Å². The number of carbonyl (C=O) groups excluding carboxylic acids is 1. The van der Waals surface area contributed by atoms with E-state index in [9.17, 15) is 9.18 Å². The molecule has 0 radical (unpaired) electrons. The highest BCUT2D eigenvalue weighted by Crippen LogP contribution is 2.26. The van der Waals surface area contributed by atoms with Crippen LogP contribution in [0.2, 0.25) is 0 Å². The van der Waals surface area contributed by atoms with Crippen molar-refractivity contribution in [1.82, 2.24) is 19.9 Å². The van der Waals surface area contributed by atoms with Gasteiger partial charge in [0.15, 0.2) is 0 Å². The molecule has 2 aliphatic heterocycles. The number of nitrogens with zero attached hydrogens (tertiary/aromatic N) is 4. The molecule has 22 heavy (non-hydrogen) atoms. The maximum absolute atomic E-state index is 13.3. The maximum Gasteiger partial charge on any atom is 0.270 e.